The van der Waals surface area contributed by atoms with E-state index in [1.807, 2.05) is 0 Å². The molecular weight excluding hydrogens is 393 g/mol. The van der Waals surface area contributed by atoms with Crippen LogP contribution in [-0.4, -0.2) is 5.75 Å². The Kier molecular flexibility index (Phi) is 8.71. The van der Waals surface area contributed by atoms with Crippen molar-refractivity contribution in [3.8, 4) is 0 Å². The van der Waals surface area contributed by atoms with Crippen LogP contribution in [0.3, 0.4) is 0 Å². The SMILES string of the molecule is CC[S+](c1ccccc1)c1cc(C)c(C)c(C)c1C.FP(F)(F)(F)F.[F-]. The van der Waals surface area contributed by atoms with Crippen LogP contribution in [0.5, 0.6) is 0 Å². The zero-order chi connectivity index (χ0) is 19.4. The van der Waals surface area contributed by atoms with Crippen LogP contribution >= 0.6 is 8.16 Å². The summed E-state index contributed by atoms with van der Waals surface area (Å²) in [5.41, 5.74) is 5.78. The van der Waals surface area contributed by atoms with Gasteiger partial charge in [-0.05, 0) is 69.5 Å². The standard InChI is InChI=1S/C18H23S.F5P.FH/c1-6-19(17-10-8-7-9-11-17)18-12-13(2)14(3)15(4)16(18)5;1-6(2,3,4)5;/h7-12H,6H2,1-5H3;;1H/q+1;;/p-1. The van der Waals surface area contributed by atoms with Gasteiger partial charge < -0.3 is 4.70 Å². The quantitative estimate of drug-likeness (QED) is 0.378. The van der Waals surface area contributed by atoms with Gasteiger partial charge in [0.05, 0.1) is 10.9 Å². The smallest absolute Gasteiger partial charge is 1.00 e. The fourth-order valence-corrected chi connectivity index (χ4v) is 4.69. The van der Waals surface area contributed by atoms with Crippen LogP contribution in [0.1, 0.15) is 29.2 Å². The average molecular weight is 416 g/mol. The number of hydrogen-bond acceptors (Lipinski definition) is 0. The Bertz CT molecular complexity index is 709. The van der Waals surface area contributed by atoms with E-state index in [1.165, 1.54) is 37.8 Å². The topological polar surface area (TPSA) is 0 Å². The van der Waals surface area contributed by atoms with Crippen LogP contribution in [0.25, 0.3) is 0 Å². The number of benzene rings is 2. The summed E-state index contributed by atoms with van der Waals surface area (Å²) in [7, 11) is -8.35. The van der Waals surface area contributed by atoms with Crippen molar-refractivity contribution >= 4 is 19.1 Å². The summed E-state index contributed by atoms with van der Waals surface area (Å²) in [5.74, 6) is 1.17. The minimum Gasteiger partial charge on any atom is -1.00 e. The van der Waals surface area contributed by atoms with Gasteiger partial charge in [0, 0.05) is 5.56 Å². The van der Waals surface area contributed by atoms with Crippen molar-refractivity contribution in [2.75, 3.05) is 5.75 Å². The van der Waals surface area contributed by atoms with Crippen LogP contribution in [0.15, 0.2) is 46.2 Å². The zero-order valence-electron chi connectivity index (χ0n) is 15.3. The van der Waals surface area contributed by atoms with Gasteiger partial charge in [0.15, 0.2) is 9.79 Å². The van der Waals surface area contributed by atoms with Gasteiger partial charge in [-0.2, -0.15) is 0 Å². The minimum atomic E-state index is -8.55. The molecule has 0 aliphatic heterocycles. The molecule has 0 spiro atoms. The second-order valence-corrected chi connectivity index (χ2v) is 9.25. The summed E-state index contributed by atoms with van der Waals surface area (Å²) in [4.78, 5) is 2.98. The second-order valence-electron chi connectivity index (χ2n) is 5.70. The maximum Gasteiger partial charge on any atom is -1.00 e. The van der Waals surface area contributed by atoms with Gasteiger partial charge in [-0.3, -0.25) is 0 Å². The molecule has 2 aromatic rings. The van der Waals surface area contributed by atoms with Gasteiger partial charge in [0.25, 0.3) is 0 Å². The van der Waals surface area contributed by atoms with E-state index in [2.05, 4.69) is 71.0 Å². The molecule has 0 aliphatic carbocycles. The summed E-state index contributed by atoms with van der Waals surface area (Å²) in [6.45, 7) is 11.3. The monoisotopic (exact) mass is 416 g/mol. The minimum absolute atomic E-state index is 0. The van der Waals surface area contributed by atoms with Crippen LogP contribution in [0.2, 0.25) is 0 Å². The Labute approximate surface area is 154 Å². The average Bonchev–Trinajstić information content (AvgIpc) is 2.49. The summed E-state index contributed by atoms with van der Waals surface area (Å²) >= 11 is 0. The molecule has 1 atom stereocenters. The van der Waals surface area contributed by atoms with Gasteiger partial charge in [0.2, 0.25) is 0 Å². The second kappa shape index (κ2) is 9.14. The maximum atomic E-state index is 9.84. The van der Waals surface area contributed by atoms with Crippen LogP contribution in [0, 0.1) is 27.7 Å². The molecule has 1 unspecified atom stereocenters. The molecule has 2 aromatic carbocycles. The third-order valence-electron chi connectivity index (χ3n) is 4.02. The number of rotatable bonds is 3. The number of halogens is 6. The van der Waals surface area contributed by atoms with Crippen molar-refractivity contribution in [2.24, 2.45) is 0 Å². The molecule has 148 valence electrons. The zero-order valence-corrected chi connectivity index (χ0v) is 17.0. The number of aryl methyl sites for hydroxylation is 1. The molecule has 0 saturated carbocycles. The fraction of sp³-hybridized carbons (Fsp3) is 0.333. The van der Waals surface area contributed by atoms with Crippen LogP contribution < -0.4 is 4.70 Å². The molecule has 26 heavy (non-hydrogen) atoms. The van der Waals surface area contributed by atoms with E-state index in [1.54, 1.807) is 0 Å². The van der Waals surface area contributed by atoms with E-state index >= 15 is 0 Å². The normalized spacial score (nSPS) is 13.5. The maximum absolute atomic E-state index is 9.84. The first-order valence-electron chi connectivity index (χ1n) is 7.74. The van der Waals surface area contributed by atoms with Gasteiger partial charge in [0.1, 0.15) is 5.75 Å². The van der Waals surface area contributed by atoms with Crippen molar-refractivity contribution in [1.82, 2.24) is 0 Å². The van der Waals surface area contributed by atoms with Crippen LogP contribution in [-0.2, 0) is 10.9 Å². The van der Waals surface area contributed by atoms with E-state index < -0.39 is 8.16 Å². The van der Waals surface area contributed by atoms with E-state index in [9.17, 15) is 21.0 Å². The Hall–Kier alpha value is -1.20. The Morgan fingerprint density at radius 3 is 1.69 bits per heavy atom. The van der Waals surface area contributed by atoms with E-state index in [0.29, 0.717) is 0 Å². The van der Waals surface area contributed by atoms with Crippen molar-refractivity contribution in [3.63, 3.8) is 0 Å². The van der Waals surface area contributed by atoms with Crippen LogP contribution in [0.4, 0.5) is 21.0 Å². The molecule has 0 aliphatic rings. The van der Waals surface area contributed by atoms with Gasteiger partial charge in [-0.15, -0.1) is 0 Å². The Morgan fingerprint density at radius 2 is 1.27 bits per heavy atom. The van der Waals surface area contributed by atoms with Gasteiger partial charge in [-0.25, -0.2) is 0 Å². The molecule has 2 rings (SSSR count). The van der Waals surface area contributed by atoms with Crippen molar-refractivity contribution in [2.45, 2.75) is 44.4 Å². The first kappa shape index (κ1) is 24.8. The molecule has 0 saturated heterocycles. The summed E-state index contributed by atoms with van der Waals surface area (Å²) in [6.07, 6.45) is 0. The summed E-state index contributed by atoms with van der Waals surface area (Å²) in [5, 5.41) is 0. The van der Waals surface area contributed by atoms with E-state index in [0.717, 1.165) is 0 Å². The molecule has 8 heteroatoms. The van der Waals surface area contributed by atoms with E-state index in [-0.39, 0.29) is 15.6 Å². The largest absolute Gasteiger partial charge is 1.00 e. The first-order chi connectivity index (χ1) is 11.3. The molecule has 0 nitrogen and oxygen atoms in total. The fourth-order valence-electron chi connectivity index (χ4n) is 2.46. The number of hydrogen-bond donors (Lipinski definition) is 0. The van der Waals surface area contributed by atoms with Crippen molar-refractivity contribution in [1.29, 1.82) is 0 Å². The van der Waals surface area contributed by atoms with Crippen molar-refractivity contribution < 1.29 is 25.7 Å². The van der Waals surface area contributed by atoms with Gasteiger partial charge >= 0.3 is 29.1 Å². The molecule has 0 heterocycles. The molecule has 0 aromatic heterocycles. The third-order valence-corrected chi connectivity index (χ3v) is 6.39. The summed E-state index contributed by atoms with van der Waals surface area (Å²) in [6, 6.07) is 13.3. The molecule has 0 amide bonds. The first-order valence-corrected chi connectivity index (χ1v) is 10.8. The Morgan fingerprint density at radius 1 is 0.808 bits per heavy atom. The molecular formula is C18H23F6PS. The Balaban J connectivity index is 0.000000777. The van der Waals surface area contributed by atoms with E-state index in [4.69, 9.17) is 0 Å². The molecule has 0 N–H and O–H groups in total. The van der Waals surface area contributed by atoms with Crippen molar-refractivity contribution in [3.05, 3.63) is 58.7 Å². The predicted molar refractivity (Wildman–Crippen MR) is 98.7 cm³/mol. The summed E-state index contributed by atoms with van der Waals surface area (Å²) < 4.78 is 49.2. The molecule has 0 bridgehead atoms. The molecule has 0 fully saturated rings. The van der Waals surface area contributed by atoms with Gasteiger partial charge in [-0.1, -0.05) is 18.2 Å². The third kappa shape index (κ3) is 8.00. The molecule has 0 radical (unpaired) electrons. The predicted octanol–water partition coefficient (Wildman–Crippen LogP) is 4.94.